The maximum Gasteiger partial charge on any atom is 0.265 e. The van der Waals surface area contributed by atoms with Crippen LogP contribution in [-0.4, -0.2) is 10.9 Å². The molecule has 0 saturated heterocycles. The number of carbonyl (C=O) groups excluding carboxylic acids is 1. The molecule has 1 aromatic heterocycles. The second-order valence-corrected chi connectivity index (χ2v) is 5.60. The summed E-state index contributed by atoms with van der Waals surface area (Å²) >= 11 is 4.93. The van der Waals surface area contributed by atoms with Crippen LogP contribution in [0.2, 0.25) is 0 Å². The third kappa shape index (κ3) is 3.59. The van der Waals surface area contributed by atoms with Gasteiger partial charge < -0.3 is 4.42 Å². The van der Waals surface area contributed by atoms with Crippen molar-refractivity contribution in [2.45, 2.75) is 17.9 Å². The van der Waals surface area contributed by atoms with E-state index in [-0.39, 0.29) is 5.91 Å². The number of oxazole rings is 1. The lowest BCUT2D eigenvalue weighted by Gasteiger charge is -2.05. The van der Waals surface area contributed by atoms with Crippen molar-refractivity contribution in [2.24, 2.45) is 5.84 Å². The first-order valence-electron chi connectivity index (χ1n) is 5.44. The summed E-state index contributed by atoms with van der Waals surface area (Å²) in [7, 11) is 0. The fourth-order valence-electron chi connectivity index (χ4n) is 1.43. The summed E-state index contributed by atoms with van der Waals surface area (Å²) in [5, 5.41) is 0.633. The molecular formula is C12H12BrN3O2S. The Hall–Kier alpha value is -1.31. The topological polar surface area (TPSA) is 81.2 Å². The monoisotopic (exact) mass is 341 g/mol. The number of hydrogen-bond acceptors (Lipinski definition) is 5. The molecule has 1 aromatic carbocycles. The zero-order valence-electron chi connectivity index (χ0n) is 10.1. The minimum absolute atomic E-state index is 0.316. The van der Waals surface area contributed by atoms with Crippen LogP contribution in [0.1, 0.15) is 21.6 Å². The smallest absolute Gasteiger partial charge is 0.265 e. The largest absolute Gasteiger partial charge is 0.440 e. The Balaban J connectivity index is 2.07. The number of amides is 1. The van der Waals surface area contributed by atoms with Crippen molar-refractivity contribution < 1.29 is 9.21 Å². The predicted octanol–water partition coefficient (Wildman–Crippen LogP) is 2.64. The Kier molecular flexibility index (Phi) is 4.62. The van der Waals surface area contributed by atoms with E-state index >= 15 is 0 Å². The molecule has 0 saturated carbocycles. The number of aryl methyl sites for hydroxylation is 1. The summed E-state index contributed by atoms with van der Waals surface area (Å²) in [5.74, 6) is 5.47. The van der Waals surface area contributed by atoms with Crippen LogP contribution in [0.4, 0.5) is 0 Å². The molecule has 0 spiro atoms. The van der Waals surface area contributed by atoms with Crippen LogP contribution in [0.25, 0.3) is 0 Å². The number of hydrogen-bond donors (Lipinski definition) is 2. The minimum atomic E-state index is -0.316. The molecule has 3 N–H and O–H groups in total. The first kappa shape index (κ1) is 14.1. The van der Waals surface area contributed by atoms with E-state index in [0.717, 1.165) is 15.7 Å². The summed E-state index contributed by atoms with van der Waals surface area (Å²) < 4.78 is 6.11. The van der Waals surface area contributed by atoms with E-state index in [1.807, 2.05) is 13.0 Å². The van der Waals surface area contributed by atoms with Crippen molar-refractivity contribution in [3.05, 3.63) is 45.8 Å². The molecular weight excluding hydrogens is 330 g/mol. The second-order valence-electron chi connectivity index (χ2n) is 3.82. The normalized spacial score (nSPS) is 10.5. The molecule has 0 atom stereocenters. The van der Waals surface area contributed by atoms with Crippen molar-refractivity contribution >= 4 is 33.6 Å². The van der Waals surface area contributed by atoms with Gasteiger partial charge in [-0.3, -0.25) is 10.2 Å². The zero-order valence-corrected chi connectivity index (χ0v) is 12.5. The highest BCUT2D eigenvalue weighted by Gasteiger charge is 2.09. The Bertz CT molecular complexity index is 600. The fraction of sp³-hybridized carbons (Fsp3) is 0.167. The first-order valence-corrected chi connectivity index (χ1v) is 7.22. The molecule has 0 unspecified atom stereocenters. The van der Waals surface area contributed by atoms with Crippen LogP contribution >= 0.6 is 27.7 Å². The van der Waals surface area contributed by atoms with Gasteiger partial charge in [-0.2, -0.15) is 0 Å². The summed E-state index contributed by atoms with van der Waals surface area (Å²) in [5.41, 5.74) is 4.52. The standard InChI is InChI=1S/C12H12BrN3O2S/c1-7-5-18-12(15-7)19-6-9-3-2-8(4-10(9)13)11(17)16-14/h2-5H,6,14H2,1H3,(H,16,17). The van der Waals surface area contributed by atoms with E-state index in [1.54, 1.807) is 18.4 Å². The maximum absolute atomic E-state index is 11.4. The van der Waals surface area contributed by atoms with Crippen LogP contribution in [-0.2, 0) is 5.75 Å². The van der Waals surface area contributed by atoms with E-state index < -0.39 is 0 Å². The highest BCUT2D eigenvalue weighted by atomic mass is 79.9. The number of benzene rings is 1. The van der Waals surface area contributed by atoms with E-state index in [0.29, 0.717) is 16.5 Å². The number of halogens is 1. The van der Waals surface area contributed by atoms with Gasteiger partial charge in [0, 0.05) is 15.8 Å². The third-order valence-corrected chi connectivity index (χ3v) is 4.02. The van der Waals surface area contributed by atoms with Gasteiger partial charge in [-0.1, -0.05) is 33.8 Å². The molecule has 1 heterocycles. The van der Waals surface area contributed by atoms with Crippen molar-refractivity contribution in [2.75, 3.05) is 0 Å². The number of aromatic nitrogens is 1. The SMILES string of the molecule is Cc1coc(SCc2ccc(C(=O)NN)cc2Br)n1. The number of thioether (sulfide) groups is 1. The maximum atomic E-state index is 11.4. The summed E-state index contributed by atoms with van der Waals surface area (Å²) in [6, 6.07) is 5.33. The number of nitrogens with two attached hydrogens (primary N) is 1. The lowest BCUT2D eigenvalue weighted by molar-refractivity contribution is 0.0953. The second kappa shape index (κ2) is 6.23. The molecule has 2 aromatic rings. The van der Waals surface area contributed by atoms with Gasteiger partial charge in [0.2, 0.25) is 0 Å². The average molecular weight is 342 g/mol. The molecule has 0 aliphatic heterocycles. The number of hydrazine groups is 1. The first-order chi connectivity index (χ1) is 9.10. The molecule has 0 bridgehead atoms. The number of nitrogen functional groups attached to an aromatic ring is 1. The number of rotatable bonds is 4. The van der Waals surface area contributed by atoms with E-state index in [4.69, 9.17) is 10.3 Å². The van der Waals surface area contributed by atoms with Crippen LogP contribution in [0.15, 0.2) is 38.6 Å². The van der Waals surface area contributed by atoms with Crippen LogP contribution in [0.5, 0.6) is 0 Å². The molecule has 2 rings (SSSR count). The van der Waals surface area contributed by atoms with Crippen molar-refractivity contribution in [3.63, 3.8) is 0 Å². The Labute approximate surface area is 123 Å². The van der Waals surface area contributed by atoms with Crippen molar-refractivity contribution in [3.8, 4) is 0 Å². The van der Waals surface area contributed by atoms with Gasteiger partial charge in [0.25, 0.3) is 11.1 Å². The van der Waals surface area contributed by atoms with E-state index in [2.05, 4.69) is 26.3 Å². The summed E-state index contributed by atoms with van der Waals surface area (Å²) in [6.07, 6.45) is 1.62. The van der Waals surface area contributed by atoms with Gasteiger partial charge >= 0.3 is 0 Å². The molecule has 0 fully saturated rings. The summed E-state index contributed by atoms with van der Waals surface area (Å²) in [6.45, 7) is 1.88. The average Bonchev–Trinajstić information content (AvgIpc) is 2.82. The highest BCUT2D eigenvalue weighted by molar-refractivity contribution is 9.10. The van der Waals surface area contributed by atoms with E-state index in [9.17, 15) is 4.79 Å². The zero-order chi connectivity index (χ0) is 13.8. The number of nitrogens with one attached hydrogen (secondary N) is 1. The molecule has 5 nitrogen and oxygen atoms in total. The highest BCUT2D eigenvalue weighted by Crippen LogP contribution is 2.27. The van der Waals surface area contributed by atoms with Crippen LogP contribution < -0.4 is 11.3 Å². The fourth-order valence-corrected chi connectivity index (χ4v) is 2.99. The van der Waals surface area contributed by atoms with E-state index in [1.165, 1.54) is 11.8 Å². The van der Waals surface area contributed by atoms with Crippen molar-refractivity contribution in [1.29, 1.82) is 0 Å². The van der Waals surface area contributed by atoms with Gasteiger partial charge in [-0.05, 0) is 24.6 Å². The Morgan fingerprint density at radius 2 is 2.37 bits per heavy atom. The minimum Gasteiger partial charge on any atom is -0.440 e. The van der Waals surface area contributed by atoms with Gasteiger partial charge in [0.15, 0.2) is 0 Å². The quantitative estimate of drug-likeness (QED) is 0.386. The molecule has 100 valence electrons. The molecule has 7 heteroatoms. The molecule has 0 radical (unpaired) electrons. The number of carbonyl (C=O) groups is 1. The molecule has 0 aliphatic rings. The molecule has 0 aliphatic carbocycles. The number of nitrogens with zero attached hydrogens (tertiary/aromatic N) is 1. The van der Waals surface area contributed by atoms with Gasteiger partial charge in [0.1, 0.15) is 6.26 Å². The van der Waals surface area contributed by atoms with Crippen LogP contribution in [0, 0.1) is 6.92 Å². The molecule has 19 heavy (non-hydrogen) atoms. The Morgan fingerprint density at radius 1 is 1.58 bits per heavy atom. The van der Waals surface area contributed by atoms with Gasteiger partial charge in [0.05, 0.1) is 5.69 Å². The summed E-state index contributed by atoms with van der Waals surface area (Å²) in [4.78, 5) is 15.6. The van der Waals surface area contributed by atoms with Crippen molar-refractivity contribution in [1.82, 2.24) is 10.4 Å². The Morgan fingerprint density at radius 3 is 2.95 bits per heavy atom. The molecule has 1 amide bonds. The predicted molar refractivity (Wildman–Crippen MR) is 76.6 cm³/mol. The van der Waals surface area contributed by atoms with Gasteiger partial charge in [-0.15, -0.1) is 0 Å². The lowest BCUT2D eigenvalue weighted by atomic mass is 10.1. The lowest BCUT2D eigenvalue weighted by Crippen LogP contribution is -2.29. The van der Waals surface area contributed by atoms with Crippen LogP contribution in [0.3, 0.4) is 0 Å². The third-order valence-electron chi connectivity index (χ3n) is 2.40. The van der Waals surface area contributed by atoms with Gasteiger partial charge in [-0.25, -0.2) is 10.8 Å².